The molecule has 2 heterocycles. The number of benzene rings is 8. The lowest BCUT2D eigenvalue weighted by atomic mass is 9.84. The maximum Gasteiger partial charge on any atom is 0.0991 e. The molecule has 0 N–H and O–H groups in total. The minimum Gasteiger partial charge on any atom is -0.192 e. The number of nitriles is 2. The predicted molar refractivity (Wildman–Crippen MR) is 229 cm³/mol. The lowest BCUT2D eigenvalue weighted by Crippen LogP contribution is -1.93. The monoisotopic (exact) mass is 720 g/mol. The first-order chi connectivity index (χ1) is 26.6. The minimum atomic E-state index is 0.609. The zero-order chi connectivity index (χ0) is 36.2. The summed E-state index contributed by atoms with van der Waals surface area (Å²) in [4.78, 5) is 0. The van der Waals surface area contributed by atoms with E-state index in [2.05, 4.69) is 146 Å². The molecule has 2 nitrogen and oxygen atoms in total. The molecule has 250 valence electrons. The smallest absolute Gasteiger partial charge is 0.0991 e. The molecule has 0 aliphatic carbocycles. The molecule has 0 saturated carbocycles. The Morgan fingerprint density at radius 3 is 1.26 bits per heavy atom. The lowest BCUT2D eigenvalue weighted by Gasteiger charge is -2.19. The molecular formula is C50H28N2S2. The first kappa shape index (κ1) is 31.9. The Morgan fingerprint density at radius 2 is 0.759 bits per heavy atom. The van der Waals surface area contributed by atoms with Gasteiger partial charge >= 0.3 is 0 Å². The van der Waals surface area contributed by atoms with Crippen LogP contribution in [0.1, 0.15) is 11.1 Å². The molecule has 0 amide bonds. The number of nitrogens with zero attached hydrogens (tertiary/aromatic N) is 2. The average Bonchev–Trinajstić information content (AvgIpc) is 3.81. The highest BCUT2D eigenvalue weighted by Crippen LogP contribution is 2.45. The third-order valence-electron chi connectivity index (χ3n) is 10.3. The van der Waals surface area contributed by atoms with Crippen molar-refractivity contribution in [3.8, 4) is 67.8 Å². The highest BCUT2D eigenvalue weighted by Gasteiger charge is 2.18. The molecule has 10 rings (SSSR count). The van der Waals surface area contributed by atoms with Gasteiger partial charge < -0.3 is 0 Å². The first-order valence-corrected chi connectivity index (χ1v) is 19.4. The zero-order valence-corrected chi connectivity index (χ0v) is 30.5. The summed E-state index contributed by atoms with van der Waals surface area (Å²) < 4.78 is 5.11. The number of thiophene rings is 2. The van der Waals surface area contributed by atoms with Crippen LogP contribution in [0.2, 0.25) is 0 Å². The van der Waals surface area contributed by atoms with Crippen molar-refractivity contribution in [2.75, 3.05) is 0 Å². The summed E-state index contributed by atoms with van der Waals surface area (Å²) in [7, 11) is 0. The zero-order valence-electron chi connectivity index (χ0n) is 28.9. The fraction of sp³-hybridized carbons (Fsp3) is 0. The Labute approximate surface area is 320 Å². The second kappa shape index (κ2) is 13.0. The highest BCUT2D eigenvalue weighted by molar-refractivity contribution is 7.26. The van der Waals surface area contributed by atoms with Gasteiger partial charge in [0, 0.05) is 40.3 Å². The molecule has 8 aromatic carbocycles. The van der Waals surface area contributed by atoms with Gasteiger partial charge in [-0.05, 0) is 134 Å². The molecule has 0 spiro atoms. The van der Waals surface area contributed by atoms with Crippen LogP contribution in [-0.4, -0.2) is 0 Å². The fourth-order valence-corrected chi connectivity index (χ4v) is 9.95. The van der Waals surface area contributed by atoms with E-state index < -0.39 is 0 Å². The van der Waals surface area contributed by atoms with E-state index in [0.29, 0.717) is 11.1 Å². The van der Waals surface area contributed by atoms with Crippen LogP contribution in [0.5, 0.6) is 0 Å². The van der Waals surface area contributed by atoms with Crippen LogP contribution >= 0.6 is 22.7 Å². The van der Waals surface area contributed by atoms with Gasteiger partial charge in [-0.1, -0.05) is 91.0 Å². The molecule has 0 saturated heterocycles. The molecule has 0 atom stereocenters. The molecule has 2 aromatic heterocycles. The van der Waals surface area contributed by atoms with E-state index in [4.69, 9.17) is 0 Å². The van der Waals surface area contributed by atoms with Gasteiger partial charge in [-0.2, -0.15) is 10.5 Å². The summed E-state index contributed by atoms with van der Waals surface area (Å²) in [6.45, 7) is 0. The van der Waals surface area contributed by atoms with E-state index in [1.54, 1.807) is 0 Å². The molecular weight excluding hydrogens is 693 g/mol. The van der Waals surface area contributed by atoms with Crippen LogP contribution in [0.15, 0.2) is 170 Å². The number of rotatable bonds is 5. The summed E-state index contributed by atoms with van der Waals surface area (Å²) in [5.74, 6) is 0. The van der Waals surface area contributed by atoms with Gasteiger partial charge in [0.1, 0.15) is 0 Å². The van der Waals surface area contributed by atoms with Crippen molar-refractivity contribution >= 4 is 63.0 Å². The summed E-state index contributed by atoms with van der Waals surface area (Å²) in [5, 5.41) is 24.8. The third-order valence-corrected chi connectivity index (χ3v) is 12.6. The molecule has 0 radical (unpaired) electrons. The van der Waals surface area contributed by atoms with Crippen molar-refractivity contribution in [2.24, 2.45) is 0 Å². The van der Waals surface area contributed by atoms with Crippen LogP contribution in [0.4, 0.5) is 0 Å². The molecule has 0 bridgehead atoms. The van der Waals surface area contributed by atoms with Crippen LogP contribution < -0.4 is 0 Å². The summed E-state index contributed by atoms with van der Waals surface area (Å²) in [5.41, 5.74) is 11.8. The SMILES string of the molecule is N#Cc1cccc(-c2cccc(-c3cccc(C#N)c3)c2-c2cc(-c3ccc4sc5ccccc5c4c3)cc(-c3ccc4sc5ccccc5c4c3)c2)c1. The van der Waals surface area contributed by atoms with Crippen molar-refractivity contribution in [2.45, 2.75) is 0 Å². The topological polar surface area (TPSA) is 47.6 Å². The standard InChI is InChI=1S/C50H28N2S2/c51-29-31-8-5-10-35(22-31)40-14-7-15-41(36-11-6-9-32(23-36)30-52)50(40)39-25-37(33-18-20-48-44(27-33)42-12-1-3-16-46(42)53-48)24-38(26-39)34-19-21-49-45(28-34)43-13-2-4-17-47(43)54-49/h1-28H. The third kappa shape index (κ3) is 5.45. The molecule has 4 heteroatoms. The number of hydrogen-bond donors (Lipinski definition) is 0. The van der Waals surface area contributed by atoms with Gasteiger partial charge in [-0.15, -0.1) is 22.7 Å². The van der Waals surface area contributed by atoms with E-state index in [9.17, 15) is 10.5 Å². The Bertz CT molecular complexity index is 3000. The van der Waals surface area contributed by atoms with E-state index in [0.717, 1.165) is 55.6 Å². The molecule has 0 aliphatic rings. The van der Waals surface area contributed by atoms with Gasteiger partial charge in [0.05, 0.1) is 23.3 Å². The van der Waals surface area contributed by atoms with E-state index in [1.807, 2.05) is 59.1 Å². The van der Waals surface area contributed by atoms with Crippen LogP contribution in [0, 0.1) is 22.7 Å². The predicted octanol–water partition coefficient (Wildman–Crippen LogP) is 14.5. The number of hydrogen-bond acceptors (Lipinski definition) is 4. The summed E-state index contributed by atoms with van der Waals surface area (Å²) in [6.07, 6.45) is 0. The molecule has 0 aliphatic heterocycles. The highest BCUT2D eigenvalue weighted by atomic mass is 32.1. The van der Waals surface area contributed by atoms with Gasteiger partial charge in [0.2, 0.25) is 0 Å². The van der Waals surface area contributed by atoms with Crippen LogP contribution in [0.25, 0.3) is 96.0 Å². The Kier molecular flexibility index (Phi) is 7.67. The molecule has 54 heavy (non-hydrogen) atoms. The van der Waals surface area contributed by atoms with E-state index >= 15 is 0 Å². The Hall–Kier alpha value is -6.82. The summed E-state index contributed by atoms with van der Waals surface area (Å²) >= 11 is 3.66. The van der Waals surface area contributed by atoms with Crippen LogP contribution in [-0.2, 0) is 0 Å². The summed E-state index contributed by atoms with van der Waals surface area (Å²) in [6, 6.07) is 64.6. The normalized spacial score (nSPS) is 11.3. The largest absolute Gasteiger partial charge is 0.192 e. The maximum absolute atomic E-state index is 9.88. The van der Waals surface area contributed by atoms with Gasteiger partial charge in [-0.3, -0.25) is 0 Å². The van der Waals surface area contributed by atoms with Gasteiger partial charge in [0.25, 0.3) is 0 Å². The van der Waals surface area contributed by atoms with Crippen molar-refractivity contribution < 1.29 is 0 Å². The number of fused-ring (bicyclic) bond motifs is 6. The Balaban J connectivity index is 1.27. The Morgan fingerprint density at radius 1 is 0.315 bits per heavy atom. The quantitative estimate of drug-likeness (QED) is 0.178. The van der Waals surface area contributed by atoms with E-state index in [1.165, 1.54) is 40.3 Å². The fourth-order valence-electron chi connectivity index (χ4n) is 7.77. The second-order valence-corrected chi connectivity index (χ2v) is 15.7. The van der Waals surface area contributed by atoms with E-state index in [-0.39, 0.29) is 0 Å². The second-order valence-electron chi connectivity index (χ2n) is 13.5. The van der Waals surface area contributed by atoms with Gasteiger partial charge in [0.15, 0.2) is 0 Å². The minimum absolute atomic E-state index is 0.609. The lowest BCUT2D eigenvalue weighted by molar-refractivity contribution is 1.47. The van der Waals surface area contributed by atoms with Crippen molar-refractivity contribution in [3.63, 3.8) is 0 Å². The van der Waals surface area contributed by atoms with Crippen molar-refractivity contribution in [1.29, 1.82) is 10.5 Å². The average molecular weight is 721 g/mol. The van der Waals surface area contributed by atoms with Crippen molar-refractivity contribution in [1.82, 2.24) is 0 Å². The first-order valence-electron chi connectivity index (χ1n) is 17.8. The molecule has 0 fully saturated rings. The molecule has 0 unspecified atom stereocenters. The molecule has 10 aromatic rings. The van der Waals surface area contributed by atoms with Gasteiger partial charge in [-0.25, -0.2) is 0 Å². The van der Waals surface area contributed by atoms with Crippen LogP contribution in [0.3, 0.4) is 0 Å². The maximum atomic E-state index is 9.88. The van der Waals surface area contributed by atoms with Crippen molar-refractivity contribution in [3.05, 3.63) is 181 Å².